The van der Waals surface area contributed by atoms with Gasteiger partial charge in [0, 0.05) is 30.9 Å². The van der Waals surface area contributed by atoms with Gasteiger partial charge >= 0.3 is 5.97 Å². The maximum atomic E-state index is 11.7. The lowest BCUT2D eigenvalue weighted by molar-refractivity contribution is 0.0690. The van der Waals surface area contributed by atoms with Crippen molar-refractivity contribution in [2.45, 2.75) is 25.8 Å². The molecule has 0 saturated carbocycles. The van der Waals surface area contributed by atoms with Crippen molar-refractivity contribution in [1.29, 1.82) is 0 Å². The fourth-order valence-corrected chi connectivity index (χ4v) is 2.77. The standard InChI is InChI=1S/C11H12N2O3/c14-10-8-7(3-4-12-10)13-5-1-2-6(13)9(8)11(15)16/h1-5H2,(H,12,14)(H,15,16). The first kappa shape index (κ1) is 9.45. The number of fused-ring (bicyclic) bond motifs is 3. The summed E-state index contributed by atoms with van der Waals surface area (Å²) < 4.78 is 2.03. The van der Waals surface area contributed by atoms with Gasteiger partial charge in [-0.3, -0.25) is 4.79 Å². The Morgan fingerprint density at radius 3 is 2.88 bits per heavy atom. The molecule has 0 fully saturated rings. The molecule has 16 heavy (non-hydrogen) atoms. The lowest BCUT2D eigenvalue weighted by atomic mass is 10.0. The average molecular weight is 220 g/mol. The number of carboxylic acids is 1. The second kappa shape index (κ2) is 3.10. The average Bonchev–Trinajstić information content (AvgIpc) is 2.77. The van der Waals surface area contributed by atoms with Gasteiger partial charge < -0.3 is 15.0 Å². The summed E-state index contributed by atoms with van der Waals surface area (Å²) in [5.41, 5.74) is 2.36. The van der Waals surface area contributed by atoms with Crippen LogP contribution in [0.15, 0.2) is 0 Å². The predicted molar refractivity (Wildman–Crippen MR) is 55.7 cm³/mol. The molecule has 3 rings (SSSR count). The number of nitrogens with one attached hydrogen (secondary N) is 1. The number of carbonyl (C=O) groups is 2. The van der Waals surface area contributed by atoms with E-state index in [4.69, 9.17) is 0 Å². The summed E-state index contributed by atoms with van der Waals surface area (Å²) >= 11 is 0. The van der Waals surface area contributed by atoms with E-state index in [1.165, 1.54) is 0 Å². The number of aromatic nitrogens is 1. The Labute approximate surface area is 92.1 Å². The van der Waals surface area contributed by atoms with Gasteiger partial charge in [-0.15, -0.1) is 0 Å². The number of carboxylic acid groups (broad SMARTS) is 1. The number of rotatable bonds is 1. The normalized spacial score (nSPS) is 17.9. The van der Waals surface area contributed by atoms with Crippen LogP contribution in [0.2, 0.25) is 0 Å². The molecule has 0 aliphatic carbocycles. The third-order valence-electron chi connectivity index (χ3n) is 3.36. The molecule has 5 nitrogen and oxygen atoms in total. The Morgan fingerprint density at radius 1 is 1.31 bits per heavy atom. The van der Waals surface area contributed by atoms with E-state index >= 15 is 0 Å². The second-order valence-corrected chi connectivity index (χ2v) is 4.21. The van der Waals surface area contributed by atoms with Gasteiger partial charge in [-0.05, 0) is 12.8 Å². The zero-order chi connectivity index (χ0) is 11.3. The number of hydrogen-bond donors (Lipinski definition) is 2. The molecule has 0 radical (unpaired) electrons. The van der Waals surface area contributed by atoms with Gasteiger partial charge in [-0.2, -0.15) is 0 Å². The molecular formula is C11H12N2O3. The molecule has 0 unspecified atom stereocenters. The lowest BCUT2D eigenvalue weighted by Crippen LogP contribution is -2.33. The fraction of sp³-hybridized carbons (Fsp3) is 0.455. The maximum absolute atomic E-state index is 11.7. The largest absolute Gasteiger partial charge is 0.478 e. The summed E-state index contributed by atoms with van der Waals surface area (Å²) in [6.45, 7) is 1.45. The molecule has 2 aliphatic heterocycles. The summed E-state index contributed by atoms with van der Waals surface area (Å²) in [5, 5.41) is 11.9. The molecule has 0 saturated heterocycles. The predicted octanol–water partition coefficient (Wildman–Crippen LogP) is 0.418. The van der Waals surface area contributed by atoms with Gasteiger partial charge in [0.2, 0.25) is 0 Å². The minimum absolute atomic E-state index is 0.227. The van der Waals surface area contributed by atoms with Crippen LogP contribution >= 0.6 is 0 Å². The molecule has 1 amide bonds. The fourth-order valence-electron chi connectivity index (χ4n) is 2.77. The number of aromatic carboxylic acids is 1. The molecule has 1 aromatic heterocycles. The highest BCUT2D eigenvalue weighted by atomic mass is 16.4. The highest BCUT2D eigenvalue weighted by Gasteiger charge is 2.34. The zero-order valence-corrected chi connectivity index (χ0v) is 8.75. The van der Waals surface area contributed by atoms with Crippen molar-refractivity contribution in [3.8, 4) is 0 Å². The zero-order valence-electron chi connectivity index (χ0n) is 8.75. The molecule has 3 heterocycles. The van der Waals surface area contributed by atoms with Gasteiger partial charge in [0.05, 0.1) is 11.1 Å². The topological polar surface area (TPSA) is 71.3 Å². The van der Waals surface area contributed by atoms with E-state index in [1.54, 1.807) is 0 Å². The highest BCUT2D eigenvalue weighted by Crippen LogP contribution is 2.31. The molecule has 0 atom stereocenters. The van der Waals surface area contributed by atoms with E-state index in [0.717, 1.165) is 37.2 Å². The summed E-state index contributed by atoms with van der Waals surface area (Å²) in [7, 11) is 0. The van der Waals surface area contributed by atoms with Crippen molar-refractivity contribution in [3.63, 3.8) is 0 Å². The van der Waals surface area contributed by atoms with E-state index in [1.807, 2.05) is 4.57 Å². The Balaban J connectivity index is 2.31. The third kappa shape index (κ3) is 1.05. The lowest BCUT2D eigenvalue weighted by Gasteiger charge is -2.15. The molecule has 0 aromatic carbocycles. The van der Waals surface area contributed by atoms with Crippen LogP contribution < -0.4 is 5.32 Å². The van der Waals surface area contributed by atoms with Crippen molar-refractivity contribution in [2.75, 3.05) is 6.54 Å². The van der Waals surface area contributed by atoms with Crippen LogP contribution in [0.25, 0.3) is 0 Å². The molecule has 0 bridgehead atoms. The summed E-state index contributed by atoms with van der Waals surface area (Å²) in [5.74, 6) is -1.22. The molecule has 5 heteroatoms. The van der Waals surface area contributed by atoms with Gasteiger partial charge in [-0.25, -0.2) is 4.79 Å². The Bertz CT molecular complexity index is 502. The van der Waals surface area contributed by atoms with E-state index in [9.17, 15) is 14.7 Å². The van der Waals surface area contributed by atoms with Crippen LogP contribution in [0, 0.1) is 0 Å². The molecule has 0 spiro atoms. The van der Waals surface area contributed by atoms with Crippen LogP contribution in [0.5, 0.6) is 0 Å². The van der Waals surface area contributed by atoms with Crippen molar-refractivity contribution in [2.24, 2.45) is 0 Å². The van der Waals surface area contributed by atoms with Gasteiger partial charge in [0.25, 0.3) is 5.91 Å². The summed E-state index contributed by atoms with van der Waals surface area (Å²) in [4.78, 5) is 23.0. The Kier molecular flexibility index (Phi) is 1.83. The Hall–Kier alpha value is -1.78. The molecule has 84 valence electrons. The van der Waals surface area contributed by atoms with E-state index < -0.39 is 5.97 Å². The van der Waals surface area contributed by atoms with Gasteiger partial charge in [0.1, 0.15) is 0 Å². The number of nitrogens with zero attached hydrogens (tertiary/aromatic N) is 1. The van der Waals surface area contributed by atoms with Crippen LogP contribution in [0.3, 0.4) is 0 Å². The molecular weight excluding hydrogens is 208 g/mol. The third-order valence-corrected chi connectivity index (χ3v) is 3.36. The highest BCUT2D eigenvalue weighted by molar-refractivity contribution is 6.07. The van der Waals surface area contributed by atoms with Gasteiger partial charge in [0.15, 0.2) is 0 Å². The first-order valence-corrected chi connectivity index (χ1v) is 5.46. The first-order chi connectivity index (χ1) is 7.70. The van der Waals surface area contributed by atoms with Crippen molar-refractivity contribution in [1.82, 2.24) is 9.88 Å². The van der Waals surface area contributed by atoms with E-state index in [2.05, 4.69) is 5.32 Å². The van der Waals surface area contributed by atoms with Crippen LogP contribution in [-0.4, -0.2) is 28.1 Å². The van der Waals surface area contributed by atoms with Crippen molar-refractivity contribution >= 4 is 11.9 Å². The number of amides is 1. The molecule has 2 N–H and O–H groups in total. The number of carbonyl (C=O) groups excluding carboxylic acids is 1. The van der Waals surface area contributed by atoms with Crippen LogP contribution in [0.1, 0.15) is 38.5 Å². The monoisotopic (exact) mass is 220 g/mol. The van der Waals surface area contributed by atoms with Crippen molar-refractivity contribution in [3.05, 3.63) is 22.5 Å². The SMILES string of the molecule is O=C(O)c1c2c(n3c1CCC3)CCNC2=O. The smallest absolute Gasteiger partial charge is 0.338 e. The van der Waals surface area contributed by atoms with E-state index in [0.29, 0.717) is 12.1 Å². The summed E-state index contributed by atoms with van der Waals surface area (Å²) in [6, 6.07) is 0. The molecule has 1 aromatic rings. The minimum atomic E-state index is -0.982. The number of hydrogen-bond acceptors (Lipinski definition) is 2. The second-order valence-electron chi connectivity index (χ2n) is 4.21. The van der Waals surface area contributed by atoms with Crippen LogP contribution in [0.4, 0.5) is 0 Å². The quantitative estimate of drug-likeness (QED) is 0.720. The van der Waals surface area contributed by atoms with Gasteiger partial charge in [-0.1, -0.05) is 0 Å². The minimum Gasteiger partial charge on any atom is -0.478 e. The first-order valence-electron chi connectivity index (χ1n) is 5.46. The maximum Gasteiger partial charge on any atom is 0.338 e. The van der Waals surface area contributed by atoms with Crippen molar-refractivity contribution < 1.29 is 14.7 Å². The van der Waals surface area contributed by atoms with Crippen LogP contribution in [-0.2, 0) is 19.4 Å². The Morgan fingerprint density at radius 2 is 2.12 bits per heavy atom. The van der Waals surface area contributed by atoms with E-state index in [-0.39, 0.29) is 11.5 Å². The molecule has 2 aliphatic rings. The summed E-state index contributed by atoms with van der Waals surface area (Å²) in [6.07, 6.45) is 2.48.